The molecule has 5 radical (unpaired) electrons. The summed E-state index contributed by atoms with van der Waals surface area (Å²) in [6.07, 6.45) is 4.12. The molecule has 1 aliphatic carbocycles. The third kappa shape index (κ3) is 4.50. The first-order valence-corrected chi connectivity index (χ1v) is 17.5. The summed E-state index contributed by atoms with van der Waals surface area (Å²) in [6, 6.07) is 6.34. The summed E-state index contributed by atoms with van der Waals surface area (Å²) >= 11 is -1.92. The molecule has 1 saturated carbocycles. The van der Waals surface area contributed by atoms with Gasteiger partial charge < -0.3 is 4.23 Å². The van der Waals surface area contributed by atoms with Gasteiger partial charge in [0.05, 0.1) is 0 Å². The van der Waals surface area contributed by atoms with Gasteiger partial charge in [-0.3, -0.25) is 0 Å². The van der Waals surface area contributed by atoms with Crippen LogP contribution in [-0.2, 0) is 14.7 Å². The van der Waals surface area contributed by atoms with Gasteiger partial charge >= 0.3 is 42.6 Å². The second-order valence-electron chi connectivity index (χ2n) is 6.75. The second kappa shape index (κ2) is 8.67. The van der Waals surface area contributed by atoms with E-state index in [0.29, 0.717) is 0 Å². The fourth-order valence-corrected chi connectivity index (χ4v) is 7.29. The molecular weight excluding hydrogens is 427 g/mol. The van der Waals surface area contributed by atoms with Gasteiger partial charge in [-0.05, 0) is 48.1 Å². The maximum atomic E-state index is 4.97. The molecule has 0 atom stereocenters. The van der Waals surface area contributed by atoms with E-state index in [1.807, 2.05) is 12.3 Å². The van der Waals surface area contributed by atoms with Gasteiger partial charge in [0, 0.05) is 17.1 Å². The third-order valence-electron chi connectivity index (χ3n) is 5.10. The molecule has 2 nitrogen and oxygen atoms in total. The molecule has 2 aromatic rings. The Morgan fingerprint density at radius 2 is 1.44 bits per heavy atom. The van der Waals surface area contributed by atoms with Crippen molar-refractivity contribution in [2.45, 2.75) is 40.8 Å². The SMILES string of the molecule is C[C]1[C](C)[C](C)[C]([Si](C)(C)n2ccc3cccnc32)[C]1C.[Cl][Ti+]([Cl])[Cl]. The maximum absolute atomic E-state index is 4.97. The monoisotopic (exact) mass is 448 g/mol. The van der Waals surface area contributed by atoms with E-state index in [4.69, 9.17) is 27.9 Å². The predicted octanol–water partition coefficient (Wildman–Crippen LogP) is 6.66. The molecule has 133 valence electrons. The van der Waals surface area contributed by atoms with E-state index in [-0.39, 0.29) is 0 Å². The van der Waals surface area contributed by atoms with Crippen LogP contribution in [0.1, 0.15) is 27.7 Å². The van der Waals surface area contributed by atoms with Crippen molar-refractivity contribution in [1.82, 2.24) is 9.22 Å². The molecule has 3 rings (SSSR count). The number of hydrogen-bond acceptors (Lipinski definition) is 1. The average Bonchev–Trinajstić information content (AvgIpc) is 3.04. The van der Waals surface area contributed by atoms with E-state index < -0.39 is 22.9 Å². The summed E-state index contributed by atoms with van der Waals surface area (Å²) in [7, 11) is 13.1. The molecular formula is C18H23Cl3N2SiTi+. The normalized spacial score (nSPS) is 18.6. The minimum absolute atomic E-state index is 1.12. The standard InChI is InChI=1S/C18H23N2Si.3ClH.Ti/c1-12-13(2)15(4)17(14(12)3)21(5,6)20-11-9-16-8-7-10-19-18(16)20;;;;/h7-11H,1-6H3;3*1H;/q;;;;+4/p-3. The number of fused-ring (bicyclic) bond motifs is 1. The molecule has 0 unspecified atom stereocenters. The molecule has 2 aromatic heterocycles. The van der Waals surface area contributed by atoms with Crippen molar-refractivity contribution in [2.24, 2.45) is 0 Å². The van der Waals surface area contributed by atoms with Crippen LogP contribution in [0.4, 0.5) is 0 Å². The summed E-state index contributed by atoms with van der Waals surface area (Å²) in [5, 5.41) is 1.23. The fourth-order valence-electron chi connectivity index (χ4n) is 3.67. The number of halogens is 3. The first-order valence-electron chi connectivity index (χ1n) is 8.08. The number of aromatic nitrogens is 2. The second-order valence-corrected chi connectivity index (χ2v) is 18.6. The summed E-state index contributed by atoms with van der Waals surface area (Å²) in [4.78, 5) is 4.62. The first kappa shape index (κ1) is 21.8. The van der Waals surface area contributed by atoms with Crippen molar-refractivity contribution >= 4 is 47.2 Å². The molecule has 1 fully saturated rings. The van der Waals surface area contributed by atoms with E-state index in [0.717, 1.165) is 5.65 Å². The van der Waals surface area contributed by atoms with Crippen LogP contribution >= 0.6 is 27.9 Å². The van der Waals surface area contributed by atoms with E-state index in [2.05, 4.69) is 68.3 Å². The Kier molecular flexibility index (Phi) is 7.55. The van der Waals surface area contributed by atoms with E-state index in [1.54, 1.807) is 5.54 Å². The number of nitrogens with zero attached hydrogens (tertiary/aromatic N) is 2. The summed E-state index contributed by atoms with van der Waals surface area (Å²) in [5.74, 6) is 5.85. The summed E-state index contributed by atoms with van der Waals surface area (Å²) in [6.45, 7) is 13.9. The first-order chi connectivity index (χ1) is 11.6. The quantitative estimate of drug-likeness (QED) is 0.469. The molecule has 25 heavy (non-hydrogen) atoms. The zero-order chi connectivity index (χ0) is 18.9. The molecule has 0 saturated heterocycles. The summed E-state index contributed by atoms with van der Waals surface area (Å²) in [5.41, 5.74) is 2.69. The van der Waals surface area contributed by atoms with Gasteiger partial charge in [0.25, 0.3) is 0 Å². The molecule has 0 aliphatic heterocycles. The average molecular weight is 450 g/mol. The fraction of sp³-hybridized carbons (Fsp3) is 0.333. The Hall–Kier alpha value is 0.491. The Morgan fingerprint density at radius 3 is 1.96 bits per heavy atom. The molecule has 7 heteroatoms. The van der Waals surface area contributed by atoms with Crippen LogP contribution in [0.3, 0.4) is 0 Å². The molecule has 0 aromatic carbocycles. The number of pyridine rings is 1. The van der Waals surface area contributed by atoms with Crippen molar-refractivity contribution in [2.75, 3.05) is 0 Å². The van der Waals surface area contributed by atoms with Crippen LogP contribution in [0, 0.1) is 29.2 Å². The van der Waals surface area contributed by atoms with Gasteiger partial charge in [-0.1, -0.05) is 40.8 Å². The van der Waals surface area contributed by atoms with Crippen LogP contribution in [0.2, 0.25) is 13.1 Å². The van der Waals surface area contributed by atoms with Crippen LogP contribution in [0.25, 0.3) is 11.0 Å². The van der Waals surface area contributed by atoms with Gasteiger partial charge in [0.1, 0.15) is 5.65 Å². The van der Waals surface area contributed by atoms with E-state index in [9.17, 15) is 0 Å². The van der Waals surface area contributed by atoms with Gasteiger partial charge in [0.2, 0.25) is 0 Å². The molecule has 1 aliphatic rings. The Balaban J connectivity index is 0.000000511. The molecule has 2 heterocycles. The number of hydrogen-bond donors (Lipinski definition) is 0. The van der Waals surface area contributed by atoms with Gasteiger partial charge in [0.15, 0.2) is 8.24 Å². The third-order valence-corrected chi connectivity index (χ3v) is 8.64. The topological polar surface area (TPSA) is 17.8 Å². The van der Waals surface area contributed by atoms with Crippen LogP contribution in [-0.4, -0.2) is 17.5 Å². The van der Waals surface area contributed by atoms with Crippen molar-refractivity contribution < 1.29 is 14.7 Å². The molecule has 0 amide bonds. The van der Waals surface area contributed by atoms with E-state index in [1.165, 1.54) is 29.1 Å². The minimum atomic E-state index is -1.92. The Labute approximate surface area is 170 Å². The number of rotatable bonds is 2. The van der Waals surface area contributed by atoms with Crippen molar-refractivity contribution in [3.63, 3.8) is 0 Å². The van der Waals surface area contributed by atoms with Crippen LogP contribution < -0.4 is 0 Å². The molecule has 0 N–H and O–H groups in total. The van der Waals surface area contributed by atoms with Gasteiger partial charge in [-0.15, -0.1) is 0 Å². The molecule has 0 bridgehead atoms. The summed E-state index contributed by atoms with van der Waals surface area (Å²) < 4.78 is 2.44. The van der Waals surface area contributed by atoms with Crippen LogP contribution in [0.15, 0.2) is 30.6 Å². The Morgan fingerprint density at radius 1 is 0.920 bits per heavy atom. The van der Waals surface area contributed by atoms with Crippen molar-refractivity contribution in [1.29, 1.82) is 0 Å². The zero-order valence-electron chi connectivity index (χ0n) is 15.4. The van der Waals surface area contributed by atoms with Crippen molar-refractivity contribution in [3.05, 3.63) is 59.8 Å². The van der Waals surface area contributed by atoms with E-state index >= 15 is 0 Å². The van der Waals surface area contributed by atoms with Gasteiger partial charge in [-0.25, -0.2) is 4.98 Å². The van der Waals surface area contributed by atoms with Gasteiger partial charge in [-0.2, -0.15) is 0 Å². The Bertz CT molecular complexity index is 690. The van der Waals surface area contributed by atoms with Crippen molar-refractivity contribution in [3.8, 4) is 0 Å². The molecule has 0 spiro atoms. The predicted molar refractivity (Wildman–Crippen MR) is 109 cm³/mol. The van der Waals surface area contributed by atoms with Crippen LogP contribution in [0.5, 0.6) is 0 Å². The zero-order valence-corrected chi connectivity index (χ0v) is 20.2.